The van der Waals surface area contributed by atoms with Crippen LogP contribution in [0.2, 0.25) is 0 Å². The number of nitro benzene ring substituents is 1. The number of rotatable bonds is 8. The van der Waals surface area contributed by atoms with Crippen molar-refractivity contribution in [3.63, 3.8) is 0 Å². The highest BCUT2D eigenvalue weighted by molar-refractivity contribution is 6.52. The van der Waals surface area contributed by atoms with Gasteiger partial charge in [-0.3, -0.25) is 34.1 Å². The number of nitrogens with one attached hydrogen (secondary N) is 2. The highest BCUT2D eigenvalue weighted by Crippen LogP contribution is 2.21. The van der Waals surface area contributed by atoms with Gasteiger partial charge in [-0.25, -0.2) is 9.78 Å². The molecule has 0 fully saturated rings. The molecule has 35 heavy (non-hydrogen) atoms. The largest absolute Gasteiger partial charge is 0.463 e. The Bertz CT molecular complexity index is 1480. The van der Waals surface area contributed by atoms with E-state index in [0.717, 1.165) is 25.3 Å². The number of hydrogen-bond acceptors (Lipinski definition) is 10. The van der Waals surface area contributed by atoms with E-state index in [1.807, 2.05) is 0 Å². The number of amides is 2. The number of Topliss-reactive ketones (excluding diaryl/α,β-unsaturated/α-hetero) is 2. The first-order valence-electron chi connectivity index (χ1n) is 9.59. The molecule has 0 aliphatic heterocycles. The fraction of sp³-hybridized carbons (Fsp3) is 0.0952. The Hall–Kier alpha value is -5.27. The van der Waals surface area contributed by atoms with Gasteiger partial charge in [-0.2, -0.15) is 0 Å². The third-order valence-electron chi connectivity index (χ3n) is 4.76. The zero-order valence-electron chi connectivity index (χ0n) is 17.8. The van der Waals surface area contributed by atoms with Gasteiger partial charge in [0.1, 0.15) is 11.6 Å². The Morgan fingerprint density at radius 2 is 1.80 bits per heavy atom. The SMILES string of the molecule is COC(=O)C(=O)C(C(=O)C(=O)Nc1ccccc1C(N)=O)c1nc2ccc([N+](=O)[O-])cc2[nH]c1=O. The van der Waals surface area contributed by atoms with Crippen molar-refractivity contribution in [2.75, 3.05) is 12.4 Å². The topological polar surface area (TPSA) is 222 Å². The molecule has 14 nitrogen and oxygen atoms in total. The van der Waals surface area contributed by atoms with Gasteiger partial charge in [-0.05, 0) is 18.2 Å². The summed E-state index contributed by atoms with van der Waals surface area (Å²) >= 11 is 0. The minimum absolute atomic E-state index is 0.0693. The summed E-state index contributed by atoms with van der Waals surface area (Å²) in [5, 5.41) is 13.1. The molecular weight excluding hydrogens is 466 g/mol. The minimum Gasteiger partial charge on any atom is -0.463 e. The van der Waals surface area contributed by atoms with E-state index in [1.165, 1.54) is 24.3 Å². The van der Waals surface area contributed by atoms with Gasteiger partial charge >= 0.3 is 5.97 Å². The molecule has 1 heterocycles. The van der Waals surface area contributed by atoms with E-state index in [9.17, 15) is 38.9 Å². The number of non-ortho nitro benzene ring substituents is 1. The van der Waals surface area contributed by atoms with Crippen LogP contribution in [0.15, 0.2) is 47.3 Å². The number of H-pyrrole nitrogens is 1. The molecule has 0 aliphatic rings. The van der Waals surface area contributed by atoms with Crippen molar-refractivity contribution in [3.05, 3.63) is 74.2 Å². The number of nitrogens with two attached hydrogens (primary N) is 1. The number of anilines is 1. The van der Waals surface area contributed by atoms with E-state index in [1.54, 1.807) is 0 Å². The van der Waals surface area contributed by atoms with Gasteiger partial charge in [0, 0.05) is 12.1 Å². The number of aromatic nitrogens is 2. The van der Waals surface area contributed by atoms with Crippen molar-refractivity contribution in [3.8, 4) is 0 Å². The zero-order valence-corrected chi connectivity index (χ0v) is 17.8. The van der Waals surface area contributed by atoms with Crippen molar-refractivity contribution in [1.82, 2.24) is 9.97 Å². The van der Waals surface area contributed by atoms with Crippen LogP contribution in [0.5, 0.6) is 0 Å². The molecule has 0 spiro atoms. The maximum absolute atomic E-state index is 13.0. The quantitative estimate of drug-likeness (QED) is 0.128. The summed E-state index contributed by atoms with van der Waals surface area (Å²) in [4.78, 5) is 90.9. The van der Waals surface area contributed by atoms with Crippen LogP contribution >= 0.6 is 0 Å². The predicted octanol–water partition coefficient (Wildman–Crippen LogP) is -0.0363. The minimum atomic E-state index is -2.31. The monoisotopic (exact) mass is 481 g/mol. The van der Waals surface area contributed by atoms with Crippen LogP contribution in [0.4, 0.5) is 11.4 Å². The first kappa shape index (κ1) is 24.4. The molecule has 0 saturated heterocycles. The van der Waals surface area contributed by atoms with Crippen LogP contribution < -0.4 is 16.6 Å². The molecule has 0 saturated carbocycles. The molecule has 3 rings (SSSR count). The molecule has 0 aliphatic carbocycles. The fourth-order valence-electron chi connectivity index (χ4n) is 3.11. The number of esters is 1. The lowest BCUT2D eigenvalue weighted by molar-refractivity contribution is -0.384. The highest BCUT2D eigenvalue weighted by Gasteiger charge is 2.40. The van der Waals surface area contributed by atoms with Crippen molar-refractivity contribution in [2.45, 2.75) is 5.92 Å². The molecule has 2 amide bonds. The molecule has 14 heteroatoms. The van der Waals surface area contributed by atoms with Gasteiger partial charge in [0.2, 0.25) is 5.78 Å². The van der Waals surface area contributed by atoms with Gasteiger partial charge in [-0.1, -0.05) is 12.1 Å². The molecule has 0 radical (unpaired) electrons. The standard InChI is InChI=1S/C21H15N5O9/c1-35-21(32)17(28)14(16(27)20(31)24-11-5-3-2-4-10(11)18(22)29)15-19(30)25-13-8-9(26(33)34)6-7-12(13)23-15/h2-8,14H,1H3,(H2,22,29)(H,24,31)(H,25,30). The van der Waals surface area contributed by atoms with Gasteiger partial charge in [0.05, 0.1) is 34.3 Å². The number of ketones is 2. The Morgan fingerprint density at radius 1 is 1.11 bits per heavy atom. The number of carbonyl (C=O) groups excluding carboxylic acids is 5. The predicted molar refractivity (Wildman–Crippen MR) is 117 cm³/mol. The lowest BCUT2D eigenvalue weighted by Gasteiger charge is -2.14. The number of hydrogen-bond donors (Lipinski definition) is 3. The second-order valence-electron chi connectivity index (χ2n) is 6.93. The Labute approximate surface area is 194 Å². The number of benzene rings is 2. The number of methoxy groups -OCH3 is 1. The average Bonchev–Trinajstić information content (AvgIpc) is 2.83. The summed E-state index contributed by atoms with van der Waals surface area (Å²) in [5.41, 5.74) is 2.44. The number of nitro groups is 1. The van der Waals surface area contributed by atoms with Crippen LogP contribution in [0.25, 0.3) is 11.0 Å². The zero-order chi connectivity index (χ0) is 25.9. The third kappa shape index (κ3) is 4.90. The van der Waals surface area contributed by atoms with Crippen molar-refractivity contribution < 1.29 is 33.6 Å². The van der Waals surface area contributed by atoms with Gasteiger partial charge in [0.25, 0.3) is 28.8 Å². The maximum atomic E-state index is 13.0. The maximum Gasteiger partial charge on any atom is 0.375 e. The second-order valence-corrected chi connectivity index (χ2v) is 6.93. The van der Waals surface area contributed by atoms with Crippen LogP contribution in [-0.2, 0) is 23.9 Å². The summed E-state index contributed by atoms with van der Waals surface area (Å²) in [6.45, 7) is 0. The molecule has 178 valence electrons. The van der Waals surface area contributed by atoms with E-state index < -0.39 is 51.4 Å². The number of para-hydroxylation sites is 1. The average molecular weight is 481 g/mol. The summed E-state index contributed by atoms with van der Waals surface area (Å²) in [5.74, 6) is -9.33. The van der Waals surface area contributed by atoms with Gasteiger partial charge in [-0.15, -0.1) is 0 Å². The smallest absolute Gasteiger partial charge is 0.375 e. The first-order valence-corrected chi connectivity index (χ1v) is 9.59. The van der Waals surface area contributed by atoms with Crippen LogP contribution in [0, 0.1) is 10.1 Å². The van der Waals surface area contributed by atoms with E-state index in [2.05, 4.69) is 20.0 Å². The van der Waals surface area contributed by atoms with E-state index in [0.29, 0.717) is 0 Å². The van der Waals surface area contributed by atoms with Crippen molar-refractivity contribution in [1.29, 1.82) is 0 Å². The summed E-state index contributed by atoms with van der Waals surface area (Å²) < 4.78 is 4.33. The van der Waals surface area contributed by atoms with E-state index >= 15 is 0 Å². The third-order valence-corrected chi connectivity index (χ3v) is 4.76. The number of aromatic amines is 1. The molecule has 1 unspecified atom stereocenters. The molecular formula is C21H15N5O9. The fourth-order valence-corrected chi connectivity index (χ4v) is 3.11. The molecule has 1 atom stereocenters. The normalized spacial score (nSPS) is 11.3. The summed E-state index contributed by atoms with van der Waals surface area (Å²) in [7, 11) is 0.849. The van der Waals surface area contributed by atoms with E-state index in [-0.39, 0.29) is 28.0 Å². The van der Waals surface area contributed by atoms with Crippen LogP contribution in [0.3, 0.4) is 0 Å². The number of nitrogens with zero attached hydrogens (tertiary/aromatic N) is 2. The second kappa shape index (κ2) is 9.70. The van der Waals surface area contributed by atoms with Crippen LogP contribution in [-0.4, -0.2) is 51.4 Å². The first-order chi connectivity index (χ1) is 16.5. The Kier molecular flexibility index (Phi) is 6.75. The lowest BCUT2D eigenvalue weighted by Crippen LogP contribution is -2.39. The Balaban J connectivity index is 2.09. The molecule has 3 aromatic rings. The van der Waals surface area contributed by atoms with Gasteiger partial charge in [0.15, 0.2) is 0 Å². The highest BCUT2D eigenvalue weighted by atomic mass is 16.6. The number of fused-ring (bicyclic) bond motifs is 1. The van der Waals surface area contributed by atoms with Crippen molar-refractivity contribution in [2.24, 2.45) is 5.73 Å². The summed E-state index contributed by atoms with van der Waals surface area (Å²) in [6.07, 6.45) is 0. The lowest BCUT2D eigenvalue weighted by atomic mass is 9.94. The molecule has 1 aromatic heterocycles. The van der Waals surface area contributed by atoms with Crippen molar-refractivity contribution >= 4 is 51.8 Å². The number of ether oxygens (including phenoxy) is 1. The molecule has 2 aromatic carbocycles. The van der Waals surface area contributed by atoms with E-state index in [4.69, 9.17) is 5.73 Å². The summed E-state index contributed by atoms with van der Waals surface area (Å²) in [6, 6.07) is 8.61. The van der Waals surface area contributed by atoms with Gasteiger partial charge < -0.3 is 20.8 Å². The Morgan fingerprint density at radius 3 is 2.43 bits per heavy atom. The van der Waals surface area contributed by atoms with Crippen LogP contribution in [0.1, 0.15) is 22.0 Å². The molecule has 0 bridgehead atoms. The number of carbonyl (C=O) groups is 5. The molecule has 4 N–H and O–H groups in total. The number of primary amides is 1.